The van der Waals surface area contributed by atoms with Crippen LogP contribution < -0.4 is 4.74 Å². The van der Waals surface area contributed by atoms with Crippen LogP contribution in [0.5, 0.6) is 5.75 Å². The van der Waals surface area contributed by atoms with Gasteiger partial charge in [0.1, 0.15) is 5.75 Å². The molecule has 0 fully saturated rings. The number of hydrogen-bond acceptors (Lipinski definition) is 1. The summed E-state index contributed by atoms with van der Waals surface area (Å²) in [5.41, 5.74) is 8.88. The Hall–Kier alpha value is -2.80. The van der Waals surface area contributed by atoms with Crippen molar-refractivity contribution in [3.05, 3.63) is 89.5 Å². The predicted octanol–water partition coefficient (Wildman–Crippen LogP) is 7.15. The normalized spacial score (nSPS) is 11.1. The van der Waals surface area contributed by atoms with E-state index in [2.05, 4.69) is 93.6 Å². The van der Waals surface area contributed by atoms with Gasteiger partial charge >= 0.3 is 0 Å². The Kier molecular flexibility index (Phi) is 6.13. The Morgan fingerprint density at radius 1 is 0.741 bits per heavy atom. The zero-order chi connectivity index (χ0) is 19.2. The Bertz CT molecular complexity index is 916. The van der Waals surface area contributed by atoms with E-state index in [-0.39, 0.29) is 0 Å². The largest absolute Gasteiger partial charge is 0.496 e. The number of ether oxygens (including phenoxy) is 1. The van der Waals surface area contributed by atoms with Crippen LogP contribution in [0.1, 0.15) is 30.0 Å². The molecule has 27 heavy (non-hydrogen) atoms. The minimum absolute atomic E-state index is 0.947. The summed E-state index contributed by atoms with van der Waals surface area (Å²) >= 11 is 0. The molecule has 0 bridgehead atoms. The Morgan fingerprint density at radius 3 is 1.93 bits per heavy atom. The summed E-state index contributed by atoms with van der Waals surface area (Å²) in [6.45, 7) is 6.35. The highest BCUT2D eigenvalue weighted by atomic mass is 16.5. The molecule has 0 aliphatic heterocycles. The number of benzene rings is 3. The summed E-state index contributed by atoms with van der Waals surface area (Å²) in [6, 6.07) is 22.0. The summed E-state index contributed by atoms with van der Waals surface area (Å²) in [6.07, 6.45) is 6.53. The lowest BCUT2D eigenvalue weighted by Crippen LogP contribution is -1.93. The van der Waals surface area contributed by atoms with E-state index >= 15 is 0 Å². The lowest BCUT2D eigenvalue weighted by molar-refractivity contribution is 0.411. The van der Waals surface area contributed by atoms with E-state index in [1.165, 1.54) is 38.9 Å². The topological polar surface area (TPSA) is 9.23 Å². The number of methoxy groups -OCH3 is 1. The van der Waals surface area contributed by atoms with Gasteiger partial charge in [-0.1, -0.05) is 66.7 Å². The van der Waals surface area contributed by atoms with Crippen molar-refractivity contribution in [1.82, 2.24) is 0 Å². The van der Waals surface area contributed by atoms with Crippen LogP contribution in [-0.2, 0) is 6.42 Å². The molecule has 1 nitrogen and oxygen atoms in total. The van der Waals surface area contributed by atoms with E-state index in [0.717, 1.165) is 18.6 Å². The van der Waals surface area contributed by atoms with Crippen molar-refractivity contribution in [2.75, 3.05) is 7.11 Å². The highest BCUT2D eigenvalue weighted by Crippen LogP contribution is 2.32. The van der Waals surface area contributed by atoms with Gasteiger partial charge in [-0.15, -0.1) is 0 Å². The minimum Gasteiger partial charge on any atom is -0.496 e. The molecule has 1 heteroatoms. The molecule has 0 spiro atoms. The van der Waals surface area contributed by atoms with Crippen LogP contribution >= 0.6 is 0 Å². The molecule has 3 aromatic carbocycles. The van der Waals surface area contributed by atoms with E-state index < -0.39 is 0 Å². The maximum atomic E-state index is 5.43. The molecule has 3 rings (SSSR count). The molecule has 0 heterocycles. The number of aryl methyl sites for hydroxylation is 1. The minimum atomic E-state index is 0.947. The molecule has 0 N–H and O–H groups in total. The first-order valence-electron chi connectivity index (χ1n) is 9.59. The fourth-order valence-electron chi connectivity index (χ4n) is 3.45. The average molecular weight is 357 g/mol. The van der Waals surface area contributed by atoms with Crippen molar-refractivity contribution in [2.45, 2.75) is 33.6 Å². The first-order chi connectivity index (χ1) is 13.1. The molecule has 0 unspecified atom stereocenters. The van der Waals surface area contributed by atoms with Crippen LogP contribution in [0.2, 0.25) is 0 Å². The fraction of sp³-hybridized carbons (Fsp3) is 0.231. The van der Waals surface area contributed by atoms with Gasteiger partial charge < -0.3 is 4.74 Å². The van der Waals surface area contributed by atoms with Crippen LogP contribution in [0, 0.1) is 13.8 Å². The van der Waals surface area contributed by atoms with Gasteiger partial charge in [0.2, 0.25) is 0 Å². The van der Waals surface area contributed by atoms with E-state index in [9.17, 15) is 0 Å². The molecule has 3 aromatic rings. The van der Waals surface area contributed by atoms with Crippen LogP contribution in [-0.4, -0.2) is 7.11 Å². The van der Waals surface area contributed by atoms with Gasteiger partial charge in [-0.05, 0) is 78.6 Å². The van der Waals surface area contributed by atoms with Crippen LogP contribution in [0.4, 0.5) is 0 Å². The molecule has 0 atom stereocenters. The first-order valence-corrected chi connectivity index (χ1v) is 9.59. The van der Waals surface area contributed by atoms with E-state index in [0.29, 0.717) is 0 Å². The summed E-state index contributed by atoms with van der Waals surface area (Å²) in [5.74, 6) is 0.947. The van der Waals surface area contributed by atoms with Crippen molar-refractivity contribution in [3.63, 3.8) is 0 Å². The highest BCUT2D eigenvalue weighted by Gasteiger charge is 2.09. The quantitative estimate of drug-likeness (QED) is 0.426. The molecular formula is C26H28O. The van der Waals surface area contributed by atoms with Gasteiger partial charge in [0.15, 0.2) is 0 Å². The molecule has 0 radical (unpaired) electrons. The second-order valence-corrected chi connectivity index (χ2v) is 6.95. The molecule has 138 valence electrons. The van der Waals surface area contributed by atoms with Gasteiger partial charge in [-0.25, -0.2) is 0 Å². The fourth-order valence-corrected chi connectivity index (χ4v) is 3.45. The third-order valence-corrected chi connectivity index (χ3v) is 5.28. The molecule has 0 saturated carbocycles. The second kappa shape index (κ2) is 8.73. The molecule has 0 saturated heterocycles. The smallest absolute Gasteiger partial charge is 0.122 e. The third kappa shape index (κ3) is 4.31. The molecule has 0 aliphatic rings. The van der Waals surface area contributed by atoms with Gasteiger partial charge in [0, 0.05) is 0 Å². The number of allylic oxidation sites excluding steroid dienone is 2. The summed E-state index contributed by atoms with van der Waals surface area (Å²) in [5, 5.41) is 0. The van der Waals surface area contributed by atoms with Crippen molar-refractivity contribution < 1.29 is 4.74 Å². The number of hydrogen-bond donors (Lipinski definition) is 0. The van der Waals surface area contributed by atoms with Crippen molar-refractivity contribution in [2.24, 2.45) is 0 Å². The average Bonchev–Trinajstić information content (AvgIpc) is 2.71. The SMILES string of the molecule is C/C=C/CCc1ccc(-c2ccc(-c3ccc(OC)c(C)c3C)cc2)cc1. The van der Waals surface area contributed by atoms with Crippen LogP contribution in [0.25, 0.3) is 22.3 Å². The molecule has 0 amide bonds. The highest BCUT2D eigenvalue weighted by molar-refractivity contribution is 5.74. The predicted molar refractivity (Wildman–Crippen MR) is 116 cm³/mol. The van der Waals surface area contributed by atoms with Crippen molar-refractivity contribution >= 4 is 0 Å². The van der Waals surface area contributed by atoms with Gasteiger partial charge in [0.25, 0.3) is 0 Å². The van der Waals surface area contributed by atoms with Crippen molar-refractivity contribution in [3.8, 4) is 28.0 Å². The monoisotopic (exact) mass is 356 g/mol. The van der Waals surface area contributed by atoms with Crippen molar-refractivity contribution in [1.29, 1.82) is 0 Å². The second-order valence-electron chi connectivity index (χ2n) is 6.95. The Balaban J connectivity index is 1.80. The number of rotatable bonds is 6. The summed E-state index contributed by atoms with van der Waals surface area (Å²) < 4.78 is 5.43. The molecule has 0 aromatic heterocycles. The summed E-state index contributed by atoms with van der Waals surface area (Å²) in [4.78, 5) is 0. The van der Waals surface area contributed by atoms with Crippen LogP contribution in [0.3, 0.4) is 0 Å². The van der Waals surface area contributed by atoms with Gasteiger partial charge in [-0.2, -0.15) is 0 Å². The Morgan fingerprint density at radius 2 is 1.33 bits per heavy atom. The first kappa shape index (κ1) is 19.0. The maximum Gasteiger partial charge on any atom is 0.122 e. The zero-order valence-corrected chi connectivity index (χ0v) is 16.8. The summed E-state index contributed by atoms with van der Waals surface area (Å²) in [7, 11) is 1.72. The van der Waals surface area contributed by atoms with E-state index in [4.69, 9.17) is 4.74 Å². The molecule has 0 aliphatic carbocycles. The van der Waals surface area contributed by atoms with Crippen LogP contribution in [0.15, 0.2) is 72.8 Å². The Labute approximate surface area is 163 Å². The van der Waals surface area contributed by atoms with Gasteiger partial charge in [-0.3, -0.25) is 0 Å². The van der Waals surface area contributed by atoms with E-state index in [1.807, 2.05) is 0 Å². The third-order valence-electron chi connectivity index (χ3n) is 5.28. The lowest BCUT2D eigenvalue weighted by Gasteiger charge is -2.13. The molecular weight excluding hydrogens is 328 g/mol. The van der Waals surface area contributed by atoms with Gasteiger partial charge in [0.05, 0.1) is 7.11 Å². The lowest BCUT2D eigenvalue weighted by atomic mass is 9.94. The standard InChI is InChI=1S/C26H28O/c1-5-6-7-8-21-9-11-22(12-10-21)23-13-15-24(16-14-23)25-17-18-26(27-4)20(3)19(25)2/h5-6,9-18H,7-8H2,1-4H3/b6-5+. The van der Waals surface area contributed by atoms with E-state index in [1.54, 1.807) is 7.11 Å². The zero-order valence-electron chi connectivity index (χ0n) is 16.8. The maximum absolute atomic E-state index is 5.43.